The fourth-order valence-corrected chi connectivity index (χ4v) is 2.48. The van der Waals surface area contributed by atoms with Crippen LogP contribution in [-0.2, 0) is 6.54 Å². The molecule has 0 saturated heterocycles. The average Bonchev–Trinajstić information content (AvgIpc) is 2.73. The third-order valence-electron chi connectivity index (χ3n) is 3.55. The van der Waals surface area contributed by atoms with Crippen LogP contribution in [0.3, 0.4) is 0 Å². The number of halogens is 4. The first-order chi connectivity index (χ1) is 11.3. The van der Waals surface area contributed by atoms with Gasteiger partial charge in [0, 0.05) is 12.5 Å². The van der Waals surface area contributed by atoms with Crippen molar-refractivity contribution in [2.45, 2.75) is 24.5 Å². The van der Waals surface area contributed by atoms with E-state index in [-0.39, 0.29) is 10.9 Å². The number of benzene rings is 1. The summed E-state index contributed by atoms with van der Waals surface area (Å²) in [5.74, 6) is 0.659. The number of nitrogens with zero attached hydrogens (tertiary/aromatic N) is 1. The Morgan fingerprint density at radius 2 is 1.83 bits per heavy atom. The van der Waals surface area contributed by atoms with Crippen molar-refractivity contribution in [1.29, 1.82) is 0 Å². The number of ether oxygens (including phenoxy) is 2. The van der Waals surface area contributed by atoms with Gasteiger partial charge in [-0.2, -0.15) is 13.2 Å². The topological polar surface area (TPSA) is 73.3 Å². The number of alkyl halides is 4. The molecule has 0 spiro atoms. The summed E-state index contributed by atoms with van der Waals surface area (Å²) in [6.07, 6.45) is -4.08. The molecule has 3 rings (SSSR count). The smallest absolute Gasteiger partial charge is 0.406 e. The number of fused-ring (bicyclic) bond motifs is 2. The summed E-state index contributed by atoms with van der Waals surface area (Å²) in [4.78, 5) is 26.7. The van der Waals surface area contributed by atoms with E-state index in [0.717, 1.165) is 0 Å². The maximum absolute atomic E-state index is 12.6. The van der Waals surface area contributed by atoms with Crippen LogP contribution in [0.1, 0.15) is 6.42 Å². The van der Waals surface area contributed by atoms with Gasteiger partial charge in [0.15, 0.2) is 11.5 Å². The fraction of sp³-hybridized carbons (Fsp3) is 0.429. The van der Waals surface area contributed by atoms with E-state index in [4.69, 9.17) is 21.1 Å². The van der Waals surface area contributed by atoms with Crippen molar-refractivity contribution in [3.8, 4) is 11.5 Å². The Labute approximate surface area is 137 Å². The zero-order valence-electron chi connectivity index (χ0n) is 12.2. The van der Waals surface area contributed by atoms with Gasteiger partial charge in [0.25, 0.3) is 5.56 Å². The first-order valence-electron chi connectivity index (χ1n) is 7.04. The first kappa shape index (κ1) is 16.7. The number of aromatic amines is 1. The van der Waals surface area contributed by atoms with Crippen LogP contribution in [0.15, 0.2) is 21.7 Å². The van der Waals surface area contributed by atoms with Gasteiger partial charge in [0.1, 0.15) is 5.38 Å². The second kappa shape index (κ2) is 6.04. The van der Waals surface area contributed by atoms with Crippen LogP contribution in [-0.4, -0.2) is 34.3 Å². The highest BCUT2D eigenvalue weighted by molar-refractivity contribution is 6.21. The second-order valence-corrected chi connectivity index (χ2v) is 5.78. The number of H-pyrrole nitrogens is 1. The Kier molecular flexibility index (Phi) is 4.20. The van der Waals surface area contributed by atoms with Crippen LogP contribution in [0, 0.1) is 0 Å². The zero-order chi connectivity index (χ0) is 17.5. The molecule has 0 saturated carbocycles. The highest BCUT2D eigenvalue weighted by Gasteiger charge is 2.39. The molecular weight excluding hydrogens is 353 g/mol. The van der Waals surface area contributed by atoms with Gasteiger partial charge < -0.3 is 14.5 Å². The van der Waals surface area contributed by atoms with E-state index in [9.17, 15) is 22.8 Å². The van der Waals surface area contributed by atoms with Crippen molar-refractivity contribution < 1.29 is 22.6 Å². The Bertz CT molecular complexity index is 890. The SMILES string of the molecule is O=c1[nH]c2cc3c(cc2c(=O)n1CC(Cl)C(F)(F)F)OCCCO3. The molecule has 0 amide bonds. The largest absolute Gasteiger partial charge is 0.490 e. The second-order valence-electron chi connectivity index (χ2n) is 5.25. The van der Waals surface area contributed by atoms with Crippen molar-refractivity contribution in [2.24, 2.45) is 0 Å². The number of aromatic nitrogens is 2. The summed E-state index contributed by atoms with van der Waals surface area (Å²) in [6.45, 7) is -0.184. The lowest BCUT2D eigenvalue weighted by Crippen LogP contribution is -2.40. The quantitative estimate of drug-likeness (QED) is 0.827. The predicted octanol–water partition coefficient (Wildman–Crippen LogP) is 2.02. The molecule has 0 fully saturated rings. The molecule has 1 unspecified atom stereocenters. The lowest BCUT2D eigenvalue weighted by atomic mass is 10.2. The van der Waals surface area contributed by atoms with Crippen molar-refractivity contribution in [3.63, 3.8) is 0 Å². The lowest BCUT2D eigenvalue weighted by Gasteiger charge is -2.15. The molecule has 0 bridgehead atoms. The van der Waals surface area contributed by atoms with Gasteiger partial charge in [-0.3, -0.25) is 9.36 Å². The Hall–Kier alpha value is -2.16. The molecule has 1 aromatic heterocycles. The fourth-order valence-electron chi connectivity index (χ4n) is 2.34. The number of hydrogen-bond donors (Lipinski definition) is 1. The molecule has 10 heteroatoms. The zero-order valence-corrected chi connectivity index (χ0v) is 12.9. The maximum atomic E-state index is 12.6. The third-order valence-corrected chi connectivity index (χ3v) is 3.93. The van der Waals surface area contributed by atoms with Gasteiger partial charge in [-0.1, -0.05) is 0 Å². The minimum absolute atomic E-state index is 0.0184. The molecule has 6 nitrogen and oxygen atoms in total. The van der Waals surface area contributed by atoms with E-state index in [2.05, 4.69) is 4.98 Å². The summed E-state index contributed by atoms with van der Waals surface area (Å²) in [6, 6.07) is 2.77. The van der Waals surface area contributed by atoms with E-state index in [1.807, 2.05) is 0 Å². The third kappa shape index (κ3) is 3.08. The number of nitrogens with one attached hydrogen (secondary N) is 1. The van der Waals surface area contributed by atoms with Gasteiger partial charge in [0.2, 0.25) is 0 Å². The summed E-state index contributed by atoms with van der Waals surface area (Å²) in [7, 11) is 0. The Morgan fingerprint density at radius 3 is 2.46 bits per heavy atom. The molecular formula is C14H12ClF3N2O4. The minimum Gasteiger partial charge on any atom is -0.490 e. The van der Waals surface area contributed by atoms with Crippen LogP contribution >= 0.6 is 11.6 Å². The van der Waals surface area contributed by atoms with Crippen LogP contribution in [0.5, 0.6) is 11.5 Å². The van der Waals surface area contributed by atoms with Crippen molar-refractivity contribution >= 4 is 22.5 Å². The highest BCUT2D eigenvalue weighted by Crippen LogP contribution is 2.32. The van der Waals surface area contributed by atoms with Crippen molar-refractivity contribution in [2.75, 3.05) is 13.2 Å². The molecule has 0 aliphatic carbocycles. The molecule has 1 atom stereocenters. The van der Waals surface area contributed by atoms with Gasteiger partial charge >= 0.3 is 11.9 Å². The summed E-state index contributed by atoms with van der Waals surface area (Å²) in [5.41, 5.74) is -1.69. The van der Waals surface area contributed by atoms with Gasteiger partial charge in [-0.25, -0.2) is 4.79 Å². The predicted molar refractivity (Wildman–Crippen MR) is 80.1 cm³/mol. The minimum atomic E-state index is -4.73. The molecule has 1 aliphatic rings. The number of rotatable bonds is 2. The monoisotopic (exact) mass is 364 g/mol. The van der Waals surface area contributed by atoms with E-state index in [1.54, 1.807) is 0 Å². The van der Waals surface area contributed by atoms with Crippen LogP contribution < -0.4 is 20.7 Å². The van der Waals surface area contributed by atoms with Gasteiger partial charge in [-0.05, 0) is 6.07 Å². The van der Waals surface area contributed by atoms with Gasteiger partial charge in [-0.15, -0.1) is 11.6 Å². The van der Waals surface area contributed by atoms with Gasteiger partial charge in [0.05, 0.1) is 30.7 Å². The average molecular weight is 365 g/mol. The summed E-state index contributed by atoms with van der Waals surface area (Å²) in [5, 5.41) is -2.33. The molecule has 130 valence electrons. The molecule has 2 heterocycles. The Balaban J connectivity index is 2.13. The normalized spacial score (nSPS) is 16.0. The van der Waals surface area contributed by atoms with E-state index >= 15 is 0 Å². The molecule has 2 aromatic rings. The van der Waals surface area contributed by atoms with E-state index in [0.29, 0.717) is 35.7 Å². The standard InChI is InChI=1S/C14H12ClF3N2O4/c15-11(14(16,17)18)6-20-12(21)7-4-9-10(24-3-1-2-23-9)5-8(7)19-13(20)22/h4-5,11H,1-3,6H2,(H,19,22). The molecule has 1 N–H and O–H groups in total. The highest BCUT2D eigenvalue weighted by atomic mass is 35.5. The summed E-state index contributed by atoms with van der Waals surface area (Å²) >= 11 is 5.24. The van der Waals surface area contributed by atoms with E-state index < -0.39 is 29.3 Å². The van der Waals surface area contributed by atoms with Crippen LogP contribution in [0.25, 0.3) is 10.9 Å². The first-order valence-corrected chi connectivity index (χ1v) is 7.48. The van der Waals surface area contributed by atoms with Crippen LogP contribution in [0.4, 0.5) is 13.2 Å². The molecule has 24 heavy (non-hydrogen) atoms. The van der Waals surface area contributed by atoms with Crippen molar-refractivity contribution in [3.05, 3.63) is 33.0 Å². The summed E-state index contributed by atoms with van der Waals surface area (Å²) < 4.78 is 49.1. The molecule has 0 radical (unpaired) electrons. The van der Waals surface area contributed by atoms with Crippen LogP contribution in [0.2, 0.25) is 0 Å². The Morgan fingerprint density at radius 1 is 1.21 bits per heavy atom. The maximum Gasteiger partial charge on any atom is 0.406 e. The number of hydrogen-bond acceptors (Lipinski definition) is 4. The molecule has 1 aliphatic heterocycles. The van der Waals surface area contributed by atoms with E-state index in [1.165, 1.54) is 12.1 Å². The lowest BCUT2D eigenvalue weighted by molar-refractivity contribution is -0.133. The van der Waals surface area contributed by atoms with Crippen molar-refractivity contribution in [1.82, 2.24) is 9.55 Å². The molecule has 1 aromatic carbocycles.